The number of carbonyl (C=O) groups is 1. The normalized spacial score (nSPS) is 12.1. The zero-order chi connectivity index (χ0) is 99.9. The molecule has 0 bridgehead atoms. The number of fused-ring (bicyclic) bond motifs is 7. The molecule has 0 atom stereocenters. The van der Waals surface area contributed by atoms with Crippen molar-refractivity contribution in [1.82, 2.24) is 9.13 Å². The van der Waals surface area contributed by atoms with E-state index in [1.54, 1.807) is 4.90 Å². The fraction of sp³-hybridized carbons (Fsp3) is 0.248. The predicted molar refractivity (Wildman–Crippen MR) is 618 cm³/mol. The maximum Gasteiger partial charge on any atom is 0.501 e. The summed E-state index contributed by atoms with van der Waals surface area (Å²) in [5.41, 5.74) is -1.74. The van der Waals surface area contributed by atoms with Crippen LogP contribution in [0.2, 0.25) is 0 Å². The number of rotatable bonds is 37. The number of nitrogens with zero attached hydrogens (tertiary/aromatic N) is 2. The largest absolute Gasteiger partial charge is 0.501 e. The lowest BCUT2D eigenvalue weighted by Crippen LogP contribution is -2.23. The Hall–Kier alpha value is -11.5. The van der Waals surface area contributed by atoms with Gasteiger partial charge in [-0.05, 0) is 230 Å². The van der Waals surface area contributed by atoms with Gasteiger partial charge in [0.25, 0.3) is 9.84 Å². The Bertz CT molecular complexity index is 6980. The van der Waals surface area contributed by atoms with Crippen LogP contribution in [-0.4, -0.2) is 57.6 Å². The van der Waals surface area contributed by atoms with E-state index >= 15 is 0 Å². The third-order valence-corrected chi connectivity index (χ3v) is 41.8. The van der Waals surface area contributed by atoms with E-state index in [1.165, 1.54) is 274 Å². The Labute approximate surface area is 870 Å². The minimum atomic E-state index is -5.35. The Kier molecular flexibility index (Phi) is 41.3. The minimum absolute atomic E-state index is 0.0594. The van der Waals surface area contributed by atoms with Crippen molar-refractivity contribution in [3.8, 4) is 4.90 Å². The molecule has 144 heavy (non-hydrogen) atoms. The predicted octanol–water partition coefficient (Wildman–Crippen LogP) is 36.4. The number of aryl methyl sites for hydroxylation is 2. The van der Waals surface area contributed by atoms with Gasteiger partial charge in [0.2, 0.25) is 5.78 Å². The van der Waals surface area contributed by atoms with Crippen LogP contribution < -0.4 is 0 Å². The van der Waals surface area contributed by atoms with Crippen LogP contribution in [0.3, 0.4) is 0 Å². The molecule has 1 saturated heterocycles. The van der Waals surface area contributed by atoms with Gasteiger partial charge in [-0.15, -0.1) is 0 Å². The average molecular weight is 2040 g/mol. The van der Waals surface area contributed by atoms with Crippen LogP contribution in [0.25, 0.3) is 68.4 Å². The number of hydrogen-bond acceptors (Lipinski definition) is 3. The zero-order valence-electron chi connectivity index (χ0n) is 83.7. The van der Waals surface area contributed by atoms with Crippen molar-refractivity contribution in [2.75, 3.05) is 28.8 Å². The first kappa shape index (κ1) is 107. The number of benzene rings is 16. The molecule has 20 rings (SSSR count). The lowest BCUT2D eigenvalue weighted by molar-refractivity contribution is -0.0436. The topological polar surface area (TPSA) is 61.1 Å². The number of hydrogen-bond donors (Lipinski definition) is 0. The number of Topliss-reactive ketones (excluding diaryl/α,β-unsaturated/α-hetero) is 1. The first-order chi connectivity index (χ1) is 70.6. The second-order valence-corrected chi connectivity index (χ2v) is 51.1. The molecule has 1 fully saturated rings. The maximum absolute atomic E-state index is 12.8. The highest BCUT2D eigenvalue weighted by molar-refractivity contribution is 7.98. The highest BCUT2D eigenvalue weighted by Crippen LogP contribution is 2.49. The van der Waals surface area contributed by atoms with Crippen LogP contribution in [0.5, 0.6) is 0 Å². The molecule has 4 heterocycles. The van der Waals surface area contributed by atoms with Gasteiger partial charge in [-0.2, -0.15) is 13.2 Å². The summed E-state index contributed by atoms with van der Waals surface area (Å²) in [5, 5.41) is 10.9. The number of alkyl halides is 3. The van der Waals surface area contributed by atoms with Crippen molar-refractivity contribution in [3.05, 3.63) is 437 Å². The van der Waals surface area contributed by atoms with Gasteiger partial charge < -0.3 is 9.13 Å². The number of sulfone groups is 1. The van der Waals surface area contributed by atoms with E-state index in [4.69, 9.17) is 0 Å². The Morgan fingerprint density at radius 1 is 0.312 bits per heavy atom. The summed E-state index contributed by atoms with van der Waals surface area (Å²) in [4.78, 5) is 26.0. The van der Waals surface area contributed by atoms with Crippen molar-refractivity contribution in [3.63, 3.8) is 0 Å². The molecule has 3 aromatic heterocycles. The summed E-state index contributed by atoms with van der Waals surface area (Å²) < 4.78 is 68.7. The number of ketones is 1. The van der Waals surface area contributed by atoms with E-state index in [2.05, 4.69) is 353 Å². The van der Waals surface area contributed by atoms with Crippen molar-refractivity contribution in [1.29, 1.82) is 0 Å². The van der Waals surface area contributed by atoms with Gasteiger partial charge in [0, 0.05) is 62.6 Å². The zero-order valence-corrected chi connectivity index (χ0v) is 89.4. The Balaban J connectivity index is 0.000000132. The molecular weight excluding hydrogens is 1910 g/mol. The minimum Gasteiger partial charge on any atom is -0.346 e. The number of thiophene rings is 1. The van der Waals surface area contributed by atoms with Crippen LogP contribution in [0, 0.1) is 0 Å². The lowest BCUT2D eigenvalue weighted by Gasteiger charge is -2.12. The van der Waals surface area contributed by atoms with Crippen molar-refractivity contribution in [2.24, 2.45) is 14.1 Å². The highest BCUT2D eigenvalue weighted by Gasteiger charge is 2.47. The van der Waals surface area contributed by atoms with E-state index in [1.807, 2.05) is 91.0 Å². The van der Waals surface area contributed by atoms with Crippen LogP contribution in [-0.2, 0) is 78.4 Å². The number of para-hydroxylation sites is 2. The first-order valence-corrected chi connectivity index (χ1v) is 61.1. The maximum atomic E-state index is 12.8. The molecule has 738 valence electrons. The second kappa shape index (κ2) is 55.7. The molecule has 0 saturated carbocycles. The van der Waals surface area contributed by atoms with Gasteiger partial charge in [-0.25, -0.2) is 8.42 Å². The summed E-state index contributed by atoms with van der Waals surface area (Å²) in [6.07, 6.45) is 35.3. The van der Waals surface area contributed by atoms with Gasteiger partial charge in [-0.3, -0.25) is 4.79 Å². The average Bonchev–Trinajstić information content (AvgIpc) is 1.40. The fourth-order valence-corrected chi connectivity index (χ4v) is 33.6. The molecule has 15 heteroatoms. The Morgan fingerprint density at radius 2 is 0.639 bits per heavy atom. The molecule has 0 N–H and O–H groups in total. The number of unbranched alkanes of at least 4 members (excludes halogenated alkanes) is 18. The van der Waals surface area contributed by atoms with Crippen LogP contribution in [0.4, 0.5) is 13.2 Å². The van der Waals surface area contributed by atoms with Gasteiger partial charge in [0.1, 0.15) is 44.8 Å². The Morgan fingerprint density at radius 3 is 1.07 bits per heavy atom. The monoisotopic (exact) mass is 2040 g/mol. The van der Waals surface area contributed by atoms with E-state index in [-0.39, 0.29) is 43.2 Å². The molecule has 0 spiro atoms. The molecule has 1 aliphatic rings. The van der Waals surface area contributed by atoms with Crippen LogP contribution >= 0.6 is 10.5 Å². The van der Waals surface area contributed by atoms with E-state index in [9.17, 15) is 26.4 Å². The highest BCUT2D eigenvalue weighted by atomic mass is 32.2. The van der Waals surface area contributed by atoms with Crippen molar-refractivity contribution >= 4 is 144 Å². The van der Waals surface area contributed by atoms with E-state index in [0.29, 0.717) is 16.7 Å². The summed E-state index contributed by atoms with van der Waals surface area (Å²) in [6.45, 7) is 4.58. The van der Waals surface area contributed by atoms with Gasteiger partial charge >= 0.3 is 5.51 Å². The molecule has 5 nitrogen and oxygen atoms in total. The summed E-state index contributed by atoms with van der Waals surface area (Å²) in [7, 11) is -0.994. The molecule has 0 amide bonds. The second-order valence-electron chi connectivity index (χ2n) is 36.6. The summed E-state index contributed by atoms with van der Waals surface area (Å²) in [6, 6.07) is 143. The molecule has 19 aromatic rings. The van der Waals surface area contributed by atoms with Crippen LogP contribution in [0.15, 0.2) is 485 Å². The third-order valence-electron chi connectivity index (χ3n) is 26.3. The molecule has 0 unspecified atom stereocenters. The molecule has 0 aliphatic carbocycles. The molecule has 1 aliphatic heterocycles. The fourth-order valence-electron chi connectivity index (χ4n) is 18.9. The molecule has 0 radical (unpaired) electrons. The van der Waals surface area contributed by atoms with Crippen LogP contribution in [0.1, 0.15) is 165 Å². The standard InChI is InChI=1S/C32H57OS.C26H19S.C21H18NS.C19H14F3O2S2.C18H13S.C13H16NS/c1-3-5-7-9-11-13-15-17-19-24-28-34(30-32(33)31-26-22-21-23-27-31)29-25-20-18-16-14-12-10-8-6-4-2;1-2-14-22(15-3-1)27(25-18-8-12-20-10-4-6-16-23(20)25)26-19-9-13-21-11-5-7-17-24(21)26;1-22-16-21(19-14-8-9-15-20(19)22)23(17-10-4-2-5-11-17)18-12-6-3-7-13-18;20-19(21,22)26(23,24)18-13-11-17(12-14-18)25(15-7-3-1-4-8-15)16-9-5-2-6-10-16;1-2-8-14(9-3-1)19-17-12-6-4-10-15(17)16-11-5-7-13-18(16)19;1-14-10-13(15-8-4-5-9-15)11-6-2-3-7-12(11)14/h21-23,26-27H,3-20,24-25,28-30H2,1-2H3;1-19H;2-16H,1H3;1-14H;1-13H;2-3,6-7,10H,4-5,8-9H2,1H3/q6*+1. The van der Waals surface area contributed by atoms with E-state index in [0.717, 1.165) is 38.1 Å². The number of carbonyl (C=O) groups excluding carboxylic acids is 1. The SMILES string of the molecule is CCCCCCCCCCCC[S+](CCCCCCCCCCCC)CC(=O)c1ccccc1.Cn1cc([S+](c2ccccc2)c2ccccc2)c2ccccc21.Cn1cc([S+]2CCCC2)c2ccccc21.O=S(=O)(c1ccc([S+](c2ccccc2)c2ccccc2)cc1)C(F)(F)F.c1ccc(-[s+]2c3ccccc3c3ccccc32)cc1.c1ccc([S+](c2cccc3ccccc23)c2cccc3ccccc23)cc1. The molecule has 16 aromatic carbocycles. The third kappa shape index (κ3) is 29.0. The van der Waals surface area contributed by atoms with Crippen molar-refractivity contribution in [2.45, 2.75) is 214 Å². The quantitative estimate of drug-likeness (QED) is 0.0221. The number of halogens is 3. The summed E-state index contributed by atoms with van der Waals surface area (Å²) in [5.74, 6) is 6.50. The van der Waals surface area contributed by atoms with Gasteiger partial charge in [0.15, 0.2) is 69.0 Å². The van der Waals surface area contributed by atoms with Crippen molar-refractivity contribution < 1.29 is 26.4 Å². The summed E-state index contributed by atoms with van der Waals surface area (Å²) >= 11 is 0. The number of aromatic nitrogens is 2. The smallest absolute Gasteiger partial charge is 0.346 e. The lowest BCUT2D eigenvalue weighted by atomic mass is 10.1. The first-order valence-electron chi connectivity index (χ1n) is 51.5. The van der Waals surface area contributed by atoms with Gasteiger partial charge in [0.05, 0.1) is 50.0 Å². The van der Waals surface area contributed by atoms with E-state index < -0.39 is 31.1 Å². The molecular formula is C129H137F3N2O3S7+6. The van der Waals surface area contributed by atoms with Gasteiger partial charge in [-0.1, -0.05) is 365 Å².